The second kappa shape index (κ2) is 8.70. The number of hydrogen-bond acceptors (Lipinski definition) is 4. The van der Waals surface area contributed by atoms with Gasteiger partial charge in [0.2, 0.25) is 5.91 Å². The van der Waals surface area contributed by atoms with Crippen LogP contribution in [0.4, 0.5) is 13.2 Å². The molecule has 0 saturated carbocycles. The first kappa shape index (κ1) is 19.2. The van der Waals surface area contributed by atoms with Crippen LogP contribution in [0.25, 0.3) is 0 Å². The van der Waals surface area contributed by atoms with Gasteiger partial charge in [0.25, 0.3) is 0 Å². The number of guanidine groups is 1. The Morgan fingerprint density at radius 3 is 2.61 bits per heavy atom. The van der Waals surface area contributed by atoms with Gasteiger partial charge in [0.05, 0.1) is 6.54 Å². The lowest BCUT2D eigenvalue weighted by atomic mass is 10.5. The zero-order chi connectivity index (χ0) is 17.5. The van der Waals surface area contributed by atoms with Crippen LogP contribution in [-0.4, -0.2) is 48.9 Å². The molecule has 0 spiro atoms. The highest BCUT2D eigenvalue weighted by atomic mass is 32.1. The Hall–Kier alpha value is -1.84. The molecule has 0 saturated heterocycles. The van der Waals surface area contributed by atoms with Gasteiger partial charge in [0.15, 0.2) is 11.7 Å². The highest BCUT2D eigenvalue weighted by Crippen LogP contribution is 2.29. The maximum Gasteiger partial charge on any atom is 0.434 e. The Morgan fingerprint density at radius 1 is 1.39 bits per heavy atom. The number of thiazole rings is 1. The molecule has 2 N–H and O–H groups in total. The average Bonchev–Trinajstić information content (AvgIpc) is 2.95. The predicted molar refractivity (Wildman–Crippen MR) is 83.2 cm³/mol. The van der Waals surface area contributed by atoms with Crippen molar-refractivity contribution in [2.24, 2.45) is 4.99 Å². The molecule has 0 aliphatic rings. The highest BCUT2D eigenvalue weighted by molar-refractivity contribution is 7.09. The van der Waals surface area contributed by atoms with Crippen LogP contribution in [0.1, 0.15) is 24.0 Å². The molecule has 0 atom stereocenters. The van der Waals surface area contributed by atoms with Crippen molar-refractivity contribution in [1.29, 1.82) is 0 Å². The Morgan fingerprint density at radius 2 is 2.09 bits per heavy atom. The number of nitrogens with zero attached hydrogens (tertiary/aromatic N) is 3. The minimum absolute atomic E-state index is 0.0439. The van der Waals surface area contributed by atoms with Crippen molar-refractivity contribution >= 4 is 23.2 Å². The smallest absolute Gasteiger partial charge is 0.356 e. The lowest BCUT2D eigenvalue weighted by molar-refractivity contribution is -0.140. The summed E-state index contributed by atoms with van der Waals surface area (Å²) in [7, 11) is 3.25. The summed E-state index contributed by atoms with van der Waals surface area (Å²) >= 11 is 0.920. The van der Waals surface area contributed by atoms with Gasteiger partial charge in [-0.25, -0.2) is 9.98 Å². The molecule has 130 valence electrons. The molecule has 6 nitrogen and oxygen atoms in total. The van der Waals surface area contributed by atoms with Gasteiger partial charge in [0.1, 0.15) is 11.6 Å². The molecular weight excluding hydrogens is 331 g/mol. The normalized spacial score (nSPS) is 12.2. The van der Waals surface area contributed by atoms with E-state index in [9.17, 15) is 18.0 Å². The summed E-state index contributed by atoms with van der Waals surface area (Å²) in [6, 6.07) is 0. The molecule has 1 rings (SSSR count). The van der Waals surface area contributed by atoms with Crippen molar-refractivity contribution in [2.75, 3.05) is 27.2 Å². The molecule has 10 heteroatoms. The van der Waals surface area contributed by atoms with Crippen molar-refractivity contribution in [3.8, 4) is 0 Å². The summed E-state index contributed by atoms with van der Waals surface area (Å²) in [6.07, 6.45) is -3.60. The van der Waals surface area contributed by atoms with E-state index in [0.29, 0.717) is 17.5 Å². The van der Waals surface area contributed by atoms with Crippen molar-refractivity contribution in [1.82, 2.24) is 20.5 Å². The molecule has 1 aromatic rings. The molecule has 0 aliphatic heterocycles. The number of amides is 1. The summed E-state index contributed by atoms with van der Waals surface area (Å²) in [6.45, 7) is 2.66. The van der Waals surface area contributed by atoms with E-state index in [-0.39, 0.29) is 19.0 Å². The summed E-state index contributed by atoms with van der Waals surface area (Å²) in [5.74, 6) is 0.196. The van der Waals surface area contributed by atoms with Crippen molar-refractivity contribution in [2.45, 2.75) is 26.1 Å². The predicted octanol–water partition coefficient (Wildman–Crippen LogP) is 1.70. The SMILES string of the molecule is CCCNC(=NCC(=O)N(C)C)NCc1nc(C(F)(F)F)cs1. The minimum atomic E-state index is -4.44. The van der Waals surface area contributed by atoms with Crippen LogP contribution in [0.2, 0.25) is 0 Å². The van der Waals surface area contributed by atoms with Crippen LogP contribution in [0.3, 0.4) is 0 Å². The summed E-state index contributed by atoms with van der Waals surface area (Å²) in [5, 5.41) is 7.14. The van der Waals surface area contributed by atoms with E-state index in [2.05, 4.69) is 20.6 Å². The third-order valence-corrected chi connectivity index (χ3v) is 3.51. The van der Waals surface area contributed by atoms with Crippen LogP contribution in [0.15, 0.2) is 10.4 Å². The number of nitrogens with one attached hydrogen (secondary N) is 2. The standard InChI is InChI=1S/C13H20F3N5OS/c1-4-5-17-12(19-7-11(22)21(2)3)18-6-10-20-9(8-23-10)13(14,15)16/h8H,4-7H2,1-3H3,(H2,17,18,19). The summed E-state index contributed by atoms with van der Waals surface area (Å²) < 4.78 is 37.5. The van der Waals surface area contributed by atoms with E-state index in [1.54, 1.807) is 14.1 Å². The van der Waals surface area contributed by atoms with Crippen LogP contribution in [-0.2, 0) is 17.5 Å². The molecular formula is C13H20F3N5OS. The quantitative estimate of drug-likeness (QED) is 0.605. The second-order valence-corrected chi connectivity index (χ2v) is 5.80. The van der Waals surface area contributed by atoms with Gasteiger partial charge < -0.3 is 15.5 Å². The zero-order valence-electron chi connectivity index (χ0n) is 13.2. The number of aromatic nitrogens is 1. The maximum absolute atomic E-state index is 12.5. The monoisotopic (exact) mass is 351 g/mol. The number of aliphatic imine (C=N–C) groups is 1. The van der Waals surface area contributed by atoms with Gasteiger partial charge >= 0.3 is 6.18 Å². The second-order valence-electron chi connectivity index (χ2n) is 4.86. The first-order valence-corrected chi connectivity index (χ1v) is 7.86. The Bertz CT molecular complexity index is 542. The summed E-state index contributed by atoms with van der Waals surface area (Å²) in [5.41, 5.74) is -0.901. The fourth-order valence-electron chi connectivity index (χ4n) is 1.39. The van der Waals surface area contributed by atoms with Crippen LogP contribution in [0, 0.1) is 0 Å². The lowest BCUT2D eigenvalue weighted by Gasteiger charge is -2.12. The largest absolute Gasteiger partial charge is 0.434 e. The molecule has 1 amide bonds. The number of hydrogen-bond donors (Lipinski definition) is 2. The number of rotatable bonds is 6. The fourth-order valence-corrected chi connectivity index (χ4v) is 2.13. The van der Waals surface area contributed by atoms with Crippen molar-refractivity contribution < 1.29 is 18.0 Å². The number of likely N-dealkylation sites (N-methyl/N-ethyl adjacent to an activating group) is 1. The molecule has 0 aromatic carbocycles. The maximum atomic E-state index is 12.5. The number of alkyl halides is 3. The van der Waals surface area contributed by atoms with Gasteiger partial charge in [-0.15, -0.1) is 11.3 Å². The lowest BCUT2D eigenvalue weighted by Crippen LogP contribution is -2.38. The molecule has 0 fully saturated rings. The zero-order valence-corrected chi connectivity index (χ0v) is 14.0. The molecule has 1 heterocycles. The van der Waals surface area contributed by atoms with Gasteiger partial charge in [0, 0.05) is 26.0 Å². The van der Waals surface area contributed by atoms with Gasteiger partial charge in [-0.2, -0.15) is 13.2 Å². The van der Waals surface area contributed by atoms with Crippen molar-refractivity contribution in [3.63, 3.8) is 0 Å². The number of halogens is 3. The Labute approximate surface area is 136 Å². The number of carbonyl (C=O) groups excluding carboxylic acids is 1. The van der Waals surface area contributed by atoms with Gasteiger partial charge in [-0.3, -0.25) is 4.79 Å². The Balaban J connectivity index is 2.65. The van der Waals surface area contributed by atoms with E-state index < -0.39 is 11.9 Å². The Kier molecular flexibility index (Phi) is 7.27. The molecule has 23 heavy (non-hydrogen) atoms. The van der Waals surface area contributed by atoms with Crippen LogP contribution in [0.5, 0.6) is 0 Å². The fraction of sp³-hybridized carbons (Fsp3) is 0.615. The first-order chi connectivity index (χ1) is 10.7. The molecule has 0 aliphatic carbocycles. The molecule has 0 radical (unpaired) electrons. The van der Waals surface area contributed by atoms with Gasteiger partial charge in [-0.1, -0.05) is 6.92 Å². The average molecular weight is 351 g/mol. The van der Waals surface area contributed by atoms with E-state index in [4.69, 9.17) is 0 Å². The highest BCUT2D eigenvalue weighted by Gasteiger charge is 2.33. The number of carbonyl (C=O) groups is 1. The van der Waals surface area contributed by atoms with Gasteiger partial charge in [-0.05, 0) is 6.42 Å². The molecule has 1 aromatic heterocycles. The topological polar surface area (TPSA) is 69.6 Å². The van der Waals surface area contributed by atoms with E-state index in [1.807, 2.05) is 6.92 Å². The van der Waals surface area contributed by atoms with E-state index in [0.717, 1.165) is 23.1 Å². The molecule has 0 bridgehead atoms. The molecule has 0 unspecified atom stereocenters. The van der Waals surface area contributed by atoms with Crippen LogP contribution < -0.4 is 10.6 Å². The first-order valence-electron chi connectivity index (χ1n) is 6.98. The van der Waals surface area contributed by atoms with E-state index >= 15 is 0 Å². The minimum Gasteiger partial charge on any atom is -0.356 e. The third-order valence-electron chi connectivity index (χ3n) is 2.66. The summed E-state index contributed by atoms with van der Waals surface area (Å²) in [4.78, 5) is 20.6. The van der Waals surface area contributed by atoms with Crippen molar-refractivity contribution in [3.05, 3.63) is 16.1 Å². The van der Waals surface area contributed by atoms with Crippen LogP contribution >= 0.6 is 11.3 Å². The third kappa shape index (κ3) is 6.85. The van der Waals surface area contributed by atoms with E-state index in [1.165, 1.54) is 4.90 Å².